The molecular formula is C10H16BrN3. The smallest absolute Gasteiger partial charge is 0.0752 e. The van der Waals surface area contributed by atoms with Crippen molar-refractivity contribution in [1.82, 2.24) is 9.78 Å². The minimum atomic E-state index is 0.374. The topological polar surface area (TPSA) is 43.8 Å². The van der Waals surface area contributed by atoms with Crippen molar-refractivity contribution >= 4 is 22.0 Å². The van der Waals surface area contributed by atoms with Crippen LogP contribution >= 0.6 is 15.9 Å². The number of hydrogen-bond donors (Lipinski definition) is 1. The molecule has 14 heavy (non-hydrogen) atoms. The third kappa shape index (κ3) is 2.69. The fourth-order valence-corrected chi connectivity index (χ4v) is 1.61. The summed E-state index contributed by atoms with van der Waals surface area (Å²) in [6.07, 6.45) is 6.85. The second kappa shape index (κ2) is 5.32. The van der Waals surface area contributed by atoms with Crippen molar-refractivity contribution in [2.75, 3.05) is 6.54 Å². The first kappa shape index (κ1) is 11.5. The quantitative estimate of drug-likeness (QED) is 0.902. The summed E-state index contributed by atoms with van der Waals surface area (Å²) < 4.78 is 3.01. The molecule has 0 fully saturated rings. The lowest BCUT2D eigenvalue weighted by Gasteiger charge is -2.08. The van der Waals surface area contributed by atoms with Gasteiger partial charge in [-0.05, 0) is 48.8 Å². The van der Waals surface area contributed by atoms with Gasteiger partial charge in [0.05, 0.1) is 16.4 Å². The van der Waals surface area contributed by atoms with Crippen LogP contribution in [0, 0.1) is 0 Å². The molecule has 0 aromatic carbocycles. The lowest BCUT2D eigenvalue weighted by atomic mass is 10.3. The molecule has 0 aliphatic heterocycles. The molecule has 0 aliphatic carbocycles. The first-order valence-corrected chi connectivity index (χ1v) is 5.55. The molecule has 0 radical (unpaired) electrons. The molecule has 0 saturated carbocycles. The van der Waals surface area contributed by atoms with E-state index in [9.17, 15) is 0 Å². The Kier molecular flexibility index (Phi) is 4.35. The van der Waals surface area contributed by atoms with Crippen molar-refractivity contribution in [1.29, 1.82) is 0 Å². The van der Waals surface area contributed by atoms with Gasteiger partial charge in [0, 0.05) is 6.04 Å². The van der Waals surface area contributed by atoms with Gasteiger partial charge in [-0.3, -0.25) is 4.68 Å². The highest BCUT2D eigenvalue weighted by atomic mass is 79.9. The minimum Gasteiger partial charge on any atom is -0.330 e. The number of nitrogens with zero attached hydrogens (tertiary/aromatic N) is 2. The van der Waals surface area contributed by atoms with Crippen LogP contribution in [0.15, 0.2) is 16.7 Å². The summed E-state index contributed by atoms with van der Waals surface area (Å²) in [4.78, 5) is 0. The van der Waals surface area contributed by atoms with Crippen LogP contribution in [0.5, 0.6) is 0 Å². The van der Waals surface area contributed by atoms with Gasteiger partial charge in [0.1, 0.15) is 0 Å². The summed E-state index contributed by atoms with van der Waals surface area (Å²) in [7, 11) is 0. The van der Waals surface area contributed by atoms with Crippen LogP contribution in [0.3, 0.4) is 0 Å². The fourth-order valence-electron chi connectivity index (χ4n) is 1.21. The van der Waals surface area contributed by atoms with Gasteiger partial charge in [-0.15, -0.1) is 0 Å². The predicted octanol–water partition coefficient (Wildman–Crippen LogP) is 2.59. The van der Waals surface area contributed by atoms with E-state index in [0.29, 0.717) is 12.6 Å². The molecule has 1 aromatic heterocycles. The normalized spacial score (nSPS) is 11.8. The molecule has 0 amide bonds. The van der Waals surface area contributed by atoms with E-state index in [1.165, 1.54) is 0 Å². The summed E-state index contributed by atoms with van der Waals surface area (Å²) in [5.41, 5.74) is 6.52. The second-order valence-electron chi connectivity index (χ2n) is 3.40. The summed E-state index contributed by atoms with van der Waals surface area (Å²) in [5, 5.41) is 4.28. The highest BCUT2D eigenvalue weighted by molar-refractivity contribution is 9.10. The van der Waals surface area contributed by atoms with Crippen molar-refractivity contribution < 1.29 is 0 Å². The van der Waals surface area contributed by atoms with Gasteiger partial charge < -0.3 is 5.73 Å². The summed E-state index contributed by atoms with van der Waals surface area (Å²) in [5.74, 6) is 0. The van der Waals surface area contributed by atoms with Crippen LogP contribution in [-0.2, 0) is 0 Å². The fraction of sp³-hybridized carbons (Fsp3) is 0.500. The molecule has 1 aromatic rings. The second-order valence-corrected chi connectivity index (χ2v) is 4.25. The monoisotopic (exact) mass is 257 g/mol. The van der Waals surface area contributed by atoms with Crippen LogP contribution in [0.4, 0.5) is 0 Å². The molecule has 4 heteroatoms. The highest BCUT2D eigenvalue weighted by Gasteiger charge is 2.07. The SMILES string of the molecule is CC(C)n1ncc(Br)c1/C=C/CCN. The first-order valence-electron chi connectivity index (χ1n) is 4.76. The Morgan fingerprint density at radius 2 is 2.36 bits per heavy atom. The Hall–Kier alpha value is -0.610. The zero-order valence-corrected chi connectivity index (χ0v) is 10.2. The molecule has 78 valence electrons. The summed E-state index contributed by atoms with van der Waals surface area (Å²) in [6.45, 7) is 4.91. The van der Waals surface area contributed by atoms with Crippen LogP contribution in [0.1, 0.15) is 32.0 Å². The third-order valence-corrected chi connectivity index (χ3v) is 2.50. The molecule has 2 N–H and O–H groups in total. The molecule has 0 bridgehead atoms. The minimum absolute atomic E-state index is 0.374. The van der Waals surface area contributed by atoms with Crippen molar-refractivity contribution in [2.45, 2.75) is 26.3 Å². The van der Waals surface area contributed by atoms with E-state index in [-0.39, 0.29) is 0 Å². The van der Waals surface area contributed by atoms with Crippen LogP contribution in [0.25, 0.3) is 6.08 Å². The molecule has 0 spiro atoms. The van der Waals surface area contributed by atoms with Gasteiger partial charge in [-0.25, -0.2) is 0 Å². The van der Waals surface area contributed by atoms with Gasteiger partial charge in [-0.2, -0.15) is 5.10 Å². The van der Waals surface area contributed by atoms with Gasteiger partial charge in [0.15, 0.2) is 0 Å². The number of aromatic nitrogens is 2. The number of halogens is 1. The van der Waals surface area contributed by atoms with Crippen molar-refractivity contribution in [3.05, 3.63) is 22.4 Å². The van der Waals surface area contributed by atoms with E-state index in [2.05, 4.69) is 47.0 Å². The Morgan fingerprint density at radius 1 is 1.64 bits per heavy atom. The van der Waals surface area contributed by atoms with Crippen molar-refractivity contribution in [3.63, 3.8) is 0 Å². The van der Waals surface area contributed by atoms with Crippen molar-refractivity contribution in [2.24, 2.45) is 5.73 Å². The van der Waals surface area contributed by atoms with Crippen LogP contribution in [-0.4, -0.2) is 16.3 Å². The number of hydrogen-bond acceptors (Lipinski definition) is 2. The molecule has 1 heterocycles. The van der Waals surface area contributed by atoms with Gasteiger partial charge in [0.2, 0.25) is 0 Å². The maximum absolute atomic E-state index is 5.42. The molecule has 1 rings (SSSR count). The van der Waals surface area contributed by atoms with Gasteiger partial charge in [-0.1, -0.05) is 6.08 Å². The largest absolute Gasteiger partial charge is 0.330 e. The number of rotatable bonds is 4. The van der Waals surface area contributed by atoms with E-state index < -0.39 is 0 Å². The van der Waals surface area contributed by atoms with E-state index in [4.69, 9.17) is 5.73 Å². The average molecular weight is 258 g/mol. The lowest BCUT2D eigenvalue weighted by Crippen LogP contribution is -2.04. The van der Waals surface area contributed by atoms with E-state index in [0.717, 1.165) is 16.6 Å². The van der Waals surface area contributed by atoms with Gasteiger partial charge in [0.25, 0.3) is 0 Å². The average Bonchev–Trinajstić information content (AvgIpc) is 2.48. The van der Waals surface area contributed by atoms with E-state index in [1.807, 2.05) is 10.9 Å². The number of nitrogens with two attached hydrogens (primary N) is 1. The molecule has 0 saturated heterocycles. The standard InChI is InChI=1S/C10H16BrN3/c1-8(2)14-10(5-3-4-6-12)9(11)7-13-14/h3,5,7-8H,4,6,12H2,1-2H3/b5-3+. The Balaban J connectivity index is 2.88. The molecule has 0 unspecified atom stereocenters. The Morgan fingerprint density at radius 3 is 2.93 bits per heavy atom. The zero-order chi connectivity index (χ0) is 10.6. The summed E-state index contributed by atoms with van der Waals surface area (Å²) >= 11 is 3.47. The maximum Gasteiger partial charge on any atom is 0.0752 e. The molecular weight excluding hydrogens is 242 g/mol. The Bertz CT molecular complexity index is 315. The first-order chi connectivity index (χ1) is 6.66. The maximum atomic E-state index is 5.42. The van der Waals surface area contributed by atoms with E-state index in [1.54, 1.807) is 0 Å². The summed E-state index contributed by atoms with van der Waals surface area (Å²) in [6, 6.07) is 0.374. The Labute approximate surface area is 93.1 Å². The van der Waals surface area contributed by atoms with E-state index >= 15 is 0 Å². The highest BCUT2D eigenvalue weighted by Crippen LogP contribution is 2.20. The molecule has 3 nitrogen and oxygen atoms in total. The predicted molar refractivity (Wildman–Crippen MR) is 63.0 cm³/mol. The third-order valence-electron chi connectivity index (χ3n) is 1.89. The molecule has 0 atom stereocenters. The van der Waals surface area contributed by atoms with Gasteiger partial charge >= 0.3 is 0 Å². The molecule has 0 aliphatic rings. The van der Waals surface area contributed by atoms with Crippen LogP contribution < -0.4 is 5.73 Å². The van der Waals surface area contributed by atoms with Crippen LogP contribution in [0.2, 0.25) is 0 Å². The lowest BCUT2D eigenvalue weighted by molar-refractivity contribution is 0.528. The zero-order valence-electron chi connectivity index (χ0n) is 8.57. The van der Waals surface area contributed by atoms with Crippen molar-refractivity contribution in [3.8, 4) is 0 Å².